The molecule has 0 aliphatic rings. The van der Waals surface area contributed by atoms with Gasteiger partial charge in [0.15, 0.2) is 0 Å². The van der Waals surface area contributed by atoms with Crippen molar-refractivity contribution in [3.8, 4) is 0 Å². The molecule has 0 aliphatic heterocycles. The zero-order valence-electron chi connectivity index (χ0n) is 9.14. The first-order valence-corrected chi connectivity index (χ1v) is 5.14. The Morgan fingerprint density at radius 2 is 2.06 bits per heavy atom. The van der Waals surface area contributed by atoms with E-state index in [1.807, 2.05) is 37.3 Å². The zero-order chi connectivity index (χ0) is 11.4. The minimum atomic E-state index is 0.495. The van der Waals surface area contributed by atoms with E-state index in [2.05, 4.69) is 15.3 Å². The van der Waals surface area contributed by atoms with Crippen LogP contribution in [-0.2, 0) is 6.54 Å². The van der Waals surface area contributed by atoms with Crippen molar-refractivity contribution in [3.05, 3.63) is 47.8 Å². The van der Waals surface area contributed by atoms with Gasteiger partial charge in [0.1, 0.15) is 0 Å². The second-order valence-corrected chi connectivity index (χ2v) is 3.51. The molecule has 0 radical (unpaired) electrons. The molecule has 1 aromatic carbocycles. The maximum Gasteiger partial charge on any atom is 0.227 e. The first kappa shape index (κ1) is 10.6. The summed E-state index contributed by atoms with van der Waals surface area (Å²) in [5.74, 6) is 0.598. The van der Waals surface area contributed by atoms with Crippen molar-refractivity contribution in [2.24, 2.45) is 5.73 Å². The Hall–Kier alpha value is -1.94. The highest BCUT2D eigenvalue weighted by Crippen LogP contribution is 2.17. The lowest BCUT2D eigenvalue weighted by molar-refractivity contribution is 1.06. The molecule has 2 rings (SSSR count). The van der Waals surface area contributed by atoms with Crippen molar-refractivity contribution in [1.82, 2.24) is 9.97 Å². The molecule has 0 atom stereocenters. The highest BCUT2D eigenvalue weighted by molar-refractivity contribution is 5.58. The number of hydrogen-bond acceptors (Lipinski definition) is 4. The van der Waals surface area contributed by atoms with Gasteiger partial charge in [-0.1, -0.05) is 18.2 Å². The lowest BCUT2D eigenvalue weighted by atomic mass is 10.2. The Morgan fingerprint density at radius 3 is 2.81 bits per heavy atom. The quantitative estimate of drug-likeness (QED) is 0.820. The third kappa shape index (κ3) is 2.35. The standard InChI is InChI=1S/C12H14N4/c1-9-6-7-14-12(15-9)16-11-5-3-2-4-10(11)8-13/h2-7H,8,13H2,1H3,(H,14,15,16). The molecule has 2 aromatic rings. The molecule has 3 N–H and O–H groups in total. The van der Waals surface area contributed by atoms with E-state index in [0.29, 0.717) is 12.5 Å². The molecule has 0 amide bonds. The van der Waals surface area contributed by atoms with Crippen LogP contribution in [0.15, 0.2) is 36.5 Å². The van der Waals surface area contributed by atoms with E-state index in [1.54, 1.807) is 6.20 Å². The lowest BCUT2D eigenvalue weighted by Crippen LogP contribution is -2.03. The van der Waals surface area contributed by atoms with Gasteiger partial charge in [0.05, 0.1) is 0 Å². The topological polar surface area (TPSA) is 63.8 Å². The predicted octanol–water partition coefficient (Wildman–Crippen LogP) is 1.99. The monoisotopic (exact) mass is 214 g/mol. The summed E-state index contributed by atoms with van der Waals surface area (Å²) in [5.41, 5.74) is 8.59. The summed E-state index contributed by atoms with van der Waals surface area (Å²) in [6.45, 7) is 2.43. The summed E-state index contributed by atoms with van der Waals surface area (Å²) < 4.78 is 0. The number of hydrogen-bond donors (Lipinski definition) is 2. The molecular formula is C12H14N4. The Labute approximate surface area is 94.5 Å². The fourth-order valence-corrected chi connectivity index (χ4v) is 1.45. The van der Waals surface area contributed by atoms with Crippen molar-refractivity contribution in [1.29, 1.82) is 0 Å². The third-order valence-corrected chi connectivity index (χ3v) is 2.28. The van der Waals surface area contributed by atoms with Crippen LogP contribution >= 0.6 is 0 Å². The van der Waals surface area contributed by atoms with E-state index >= 15 is 0 Å². The Balaban J connectivity index is 2.26. The number of benzene rings is 1. The van der Waals surface area contributed by atoms with Gasteiger partial charge in [-0.2, -0.15) is 0 Å². The van der Waals surface area contributed by atoms with Crippen molar-refractivity contribution in [2.75, 3.05) is 5.32 Å². The molecule has 1 aromatic heterocycles. The van der Waals surface area contributed by atoms with Crippen molar-refractivity contribution < 1.29 is 0 Å². The van der Waals surface area contributed by atoms with Crippen LogP contribution in [0.3, 0.4) is 0 Å². The van der Waals surface area contributed by atoms with Gasteiger partial charge >= 0.3 is 0 Å². The second kappa shape index (κ2) is 4.72. The van der Waals surface area contributed by atoms with Crippen LogP contribution < -0.4 is 11.1 Å². The lowest BCUT2D eigenvalue weighted by Gasteiger charge is -2.09. The molecule has 4 heteroatoms. The number of nitrogens with one attached hydrogen (secondary N) is 1. The van der Waals surface area contributed by atoms with Gasteiger partial charge in [0.2, 0.25) is 5.95 Å². The van der Waals surface area contributed by atoms with E-state index < -0.39 is 0 Å². The van der Waals surface area contributed by atoms with Crippen LogP contribution in [0.25, 0.3) is 0 Å². The highest BCUT2D eigenvalue weighted by Gasteiger charge is 2.01. The third-order valence-electron chi connectivity index (χ3n) is 2.28. The predicted molar refractivity (Wildman–Crippen MR) is 64.4 cm³/mol. The van der Waals surface area contributed by atoms with Crippen LogP contribution in [0.4, 0.5) is 11.6 Å². The molecule has 82 valence electrons. The zero-order valence-corrected chi connectivity index (χ0v) is 9.14. The van der Waals surface area contributed by atoms with E-state index in [4.69, 9.17) is 5.73 Å². The van der Waals surface area contributed by atoms with Gasteiger partial charge in [0, 0.05) is 24.1 Å². The average molecular weight is 214 g/mol. The van der Waals surface area contributed by atoms with Crippen LogP contribution in [0.1, 0.15) is 11.3 Å². The molecular weight excluding hydrogens is 200 g/mol. The molecule has 16 heavy (non-hydrogen) atoms. The van der Waals surface area contributed by atoms with Gasteiger partial charge in [-0.3, -0.25) is 0 Å². The maximum atomic E-state index is 5.65. The Kier molecular flexibility index (Phi) is 3.12. The average Bonchev–Trinajstić information content (AvgIpc) is 2.30. The molecule has 0 unspecified atom stereocenters. The minimum Gasteiger partial charge on any atom is -0.326 e. The van der Waals surface area contributed by atoms with Crippen LogP contribution in [0.5, 0.6) is 0 Å². The van der Waals surface area contributed by atoms with E-state index in [1.165, 1.54) is 0 Å². The van der Waals surface area contributed by atoms with Crippen molar-refractivity contribution in [2.45, 2.75) is 13.5 Å². The van der Waals surface area contributed by atoms with Gasteiger partial charge in [0.25, 0.3) is 0 Å². The SMILES string of the molecule is Cc1ccnc(Nc2ccccc2CN)n1. The fraction of sp³-hybridized carbons (Fsp3) is 0.167. The molecule has 0 bridgehead atoms. The normalized spacial score (nSPS) is 10.1. The van der Waals surface area contributed by atoms with Crippen LogP contribution in [0.2, 0.25) is 0 Å². The molecule has 0 saturated carbocycles. The first-order valence-electron chi connectivity index (χ1n) is 5.14. The summed E-state index contributed by atoms with van der Waals surface area (Å²) in [6.07, 6.45) is 1.73. The largest absolute Gasteiger partial charge is 0.326 e. The van der Waals surface area contributed by atoms with Gasteiger partial charge in [-0.05, 0) is 24.6 Å². The molecule has 0 saturated heterocycles. The summed E-state index contributed by atoms with van der Waals surface area (Å²) in [5, 5.41) is 3.16. The minimum absolute atomic E-state index is 0.495. The molecule has 1 heterocycles. The summed E-state index contributed by atoms with van der Waals surface area (Å²) in [6, 6.07) is 9.73. The highest BCUT2D eigenvalue weighted by atomic mass is 15.1. The Morgan fingerprint density at radius 1 is 1.25 bits per heavy atom. The van der Waals surface area contributed by atoms with Crippen molar-refractivity contribution >= 4 is 11.6 Å². The number of para-hydroxylation sites is 1. The van der Waals surface area contributed by atoms with Crippen LogP contribution in [-0.4, -0.2) is 9.97 Å². The smallest absolute Gasteiger partial charge is 0.227 e. The molecule has 0 fully saturated rings. The molecule has 0 aliphatic carbocycles. The second-order valence-electron chi connectivity index (χ2n) is 3.51. The van der Waals surface area contributed by atoms with E-state index in [-0.39, 0.29) is 0 Å². The van der Waals surface area contributed by atoms with E-state index in [9.17, 15) is 0 Å². The summed E-state index contributed by atoms with van der Waals surface area (Å²) in [4.78, 5) is 8.43. The molecule has 4 nitrogen and oxygen atoms in total. The Bertz CT molecular complexity index is 482. The maximum absolute atomic E-state index is 5.65. The number of aromatic nitrogens is 2. The number of nitrogens with zero attached hydrogens (tertiary/aromatic N) is 2. The fourth-order valence-electron chi connectivity index (χ4n) is 1.45. The number of aryl methyl sites for hydroxylation is 1. The number of nitrogens with two attached hydrogens (primary N) is 1. The van der Waals surface area contributed by atoms with Gasteiger partial charge in [-0.25, -0.2) is 9.97 Å². The number of anilines is 2. The van der Waals surface area contributed by atoms with Gasteiger partial charge in [-0.15, -0.1) is 0 Å². The molecule has 0 spiro atoms. The number of rotatable bonds is 3. The summed E-state index contributed by atoms with van der Waals surface area (Å²) in [7, 11) is 0. The van der Waals surface area contributed by atoms with Crippen molar-refractivity contribution in [3.63, 3.8) is 0 Å². The van der Waals surface area contributed by atoms with Crippen LogP contribution in [0, 0.1) is 6.92 Å². The summed E-state index contributed by atoms with van der Waals surface area (Å²) >= 11 is 0. The van der Waals surface area contributed by atoms with Gasteiger partial charge < -0.3 is 11.1 Å². The first-order chi connectivity index (χ1) is 7.79. The van der Waals surface area contributed by atoms with E-state index in [0.717, 1.165) is 16.9 Å².